The number of rotatable bonds is 6. The third-order valence-corrected chi connectivity index (χ3v) is 5.14. The van der Waals surface area contributed by atoms with Crippen molar-refractivity contribution in [1.29, 1.82) is 0 Å². The standard InChI is InChI=1S/C22H18N2O3S/c1-2-15-8-10-17(11-9-15)21-24-19(14-28-21)22(25)27-13-18-12-26-20(23-18)16-6-4-3-5-7-16/h3-12,14H,2,13H2,1H3. The van der Waals surface area contributed by atoms with Crippen LogP contribution in [0, 0.1) is 0 Å². The number of thiazole rings is 1. The Hall–Kier alpha value is -3.25. The summed E-state index contributed by atoms with van der Waals surface area (Å²) in [4.78, 5) is 21.1. The molecule has 5 nitrogen and oxygen atoms in total. The minimum Gasteiger partial charge on any atom is -0.454 e. The van der Waals surface area contributed by atoms with E-state index in [0.717, 1.165) is 22.6 Å². The highest BCUT2D eigenvalue weighted by Crippen LogP contribution is 2.25. The van der Waals surface area contributed by atoms with Crippen LogP contribution >= 0.6 is 11.3 Å². The Labute approximate surface area is 166 Å². The molecule has 0 saturated carbocycles. The molecule has 0 atom stereocenters. The molecule has 2 aromatic heterocycles. The molecule has 0 N–H and O–H groups in total. The Morgan fingerprint density at radius 2 is 1.82 bits per heavy atom. The molecule has 0 spiro atoms. The third kappa shape index (κ3) is 4.02. The van der Waals surface area contributed by atoms with Crippen LogP contribution in [0.1, 0.15) is 28.7 Å². The zero-order chi connectivity index (χ0) is 19.3. The first-order chi connectivity index (χ1) is 13.7. The number of ether oxygens (including phenoxy) is 1. The predicted octanol–water partition coefficient (Wildman–Crippen LogP) is 5.38. The molecule has 0 saturated heterocycles. The van der Waals surface area contributed by atoms with Gasteiger partial charge < -0.3 is 9.15 Å². The van der Waals surface area contributed by atoms with E-state index >= 15 is 0 Å². The quantitative estimate of drug-likeness (QED) is 0.413. The van der Waals surface area contributed by atoms with E-state index < -0.39 is 5.97 Å². The highest BCUT2D eigenvalue weighted by atomic mass is 32.1. The van der Waals surface area contributed by atoms with Gasteiger partial charge in [0.2, 0.25) is 5.89 Å². The van der Waals surface area contributed by atoms with Crippen LogP contribution < -0.4 is 0 Å². The lowest BCUT2D eigenvalue weighted by atomic mass is 10.1. The van der Waals surface area contributed by atoms with Crippen molar-refractivity contribution < 1.29 is 13.9 Å². The molecule has 0 fully saturated rings. The zero-order valence-electron chi connectivity index (χ0n) is 15.3. The summed E-state index contributed by atoms with van der Waals surface area (Å²) in [6, 6.07) is 17.8. The highest BCUT2D eigenvalue weighted by Gasteiger charge is 2.15. The molecular formula is C22H18N2O3S. The molecular weight excluding hydrogens is 372 g/mol. The molecule has 4 rings (SSSR count). The normalized spacial score (nSPS) is 10.8. The minimum absolute atomic E-state index is 0.0349. The van der Waals surface area contributed by atoms with Gasteiger partial charge in [-0.2, -0.15) is 0 Å². The van der Waals surface area contributed by atoms with Crippen LogP contribution in [0.4, 0.5) is 0 Å². The summed E-state index contributed by atoms with van der Waals surface area (Å²) < 4.78 is 10.8. The molecule has 140 valence electrons. The number of hydrogen-bond donors (Lipinski definition) is 0. The first kappa shape index (κ1) is 18.1. The number of benzene rings is 2. The first-order valence-corrected chi connectivity index (χ1v) is 9.82. The van der Waals surface area contributed by atoms with Gasteiger partial charge in [-0.15, -0.1) is 11.3 Å². The SMILES string of the molecule is CCc1ccc(-c2nc(C(=O)OCc3coc(-c4ccccc4)n3)cs2)cc1. The Morgan fingerprint density at radius 3 is 2.57 bits per heavy atom. The number of hydrogen-bond acceptors (Lipinski definition) is 6. The maximum atomic E-state index is 12.3. The van der Waals surface area contributed by atoms with Crippen molar-refractivity contribution in [3.8, 4) is 22.0 Å². The Kier molecular flexibility index (Phi) is 5.30. The second-order valence-electron chi connectivity index (χ2n) is 6.17. The highest BCUT2D eigenvalue weighted by molar-refractivity contribution is 7.13. The molecule has 0 unspecified atom stereocenters. The van der Waals surface area contributed by atoms with Gasteiger partial charge in [0.15, 0.2) is 5.69 Å². The van der Waals surface area contributed by atoms with Gasteiger partial charge in [-0.25, -0.2) is 14.8 Å². The van der Waals surface area contributed by atoms with E-state index in [-0.39, 0.29) is 6.61 Å². The van der Waals surface area contributed by atoms with Crippen LogP contribution in [0.2, 0.25) is 0 Å². The van der Waals surface area contributed by atoms with Crippen molar-refractivity contribution in [1.82, 2.24) is 9.97 Å². The predicted molar refractivity (Wildman–Crippen MR) is 108 cm³/mol. The molecule has 4 aromatic rings. The van der Waals surface area contributed by atoms with Gasteiger partial charge in [0.25, 0.3) is 0 Å². The van der Waals surface area contributed by atoms with Crippen molar-refractivity contribution in [3.63, 3.8) is 0 Å². The molecule has 0 aliphatic heterocycles. The largest absolute Gasteiger partial charge is 0.454 e. The van der Waals surface area contributed by atoms with E-state index in [1.807, 2.05) is 42.5 Å². The number of nitrogens with zero attached hydrogens (tertiary/aromatic N) is 2. The van der Waals surface area contributed by atoms with Crippen molar-refractivity contribution >= 4 is 17.3 Å². The summed E-state index contributed by atoms with van der Waals surface area (Å²) >= 11 is 1.42. The third-order valence-electron chi connectivity index (χ3n) is 4.25. The van der Waals surface area contributed by atoms with Crippen LogP contribution in [0.25, 0.3) is 22.0 Å². The Morgan fingerprint density at radius 1 is 1.04 bits per heavy atom. The number of carbonyl (C=O) groups is 1. The number of esters is 1. The lowest BCUT2D eigenvalue weighted by Gasteiger charge is -2.00. The molecule has 0 amide bonds. The summed E-state index contributed by atoms with van der Waals surface area (Å²) in [6.07, 6.45) is 2.49. The maximum Gasteiger partial charge on any atom is 0.358 e. The van der Waals surface area contributed by atoms with E-state index in [9.17, 15) is 4.79 Å². The Bertz CT molecular complexity index is 1070. The number of oxazole rings is 1. The fourth-order valence-corrected chi connectivity index (χ4v) is 3.48. The first-order valence-electron chi connectivity index (χ1n) is 8.94. The number of carbonyl (C=O) groups excluding carboxylic acids is 1. The number of aryl methyl sites for hydroxylation is 1. The molecule has 6 heteroatoms. The van der Waals surface area contributed by atoms with Gasteiger partial charge in [0.1, 0.15) is 23.6 Å². The lowest BCUT2D eigenvalue weighted by molar-refractivity contribution is 0.0462. The van der Waals surface area contributed by atoms with Crippen molar-refractivity contribution in [2.75, 3.05) is 0 Å². The molecule has 2 heterocycles. The average Bonchev–Trinajstić information content (AvgIpc) is 3.43. The van der Waals surface area contributed by atoms with E-state index in [0.29, 0.717) is 17.3 Å². The monoisotopic (exact) mass is 390 g/mol. The van der Waals surface area contributed by atoms with Crippen LogP contribution in [0.5, 0.6) is 0 Å². The summed E-state index contributed by atoms with van der Waals surface area (Å²) in [5, 5.41) is 2.51. The summed E-state index contributed by atoms with van der Waals surface area (Å²) in [6.45, 7) is 2.15. The van der Waals surface area contributed by atoms with Crippen molar-refractivity contribution in [2.45, 2.75) is 20.0 Å². The summed E-state index contributed by atoms with van der Waals surface area (Å²) in [5.41, 5.74) is 3.98. The van der Waals surface area contributed by atoms with Crippen LogP contribution in [-0.2, 0) is 17.8 Å². The van der Waals surface area contributed by atoms with Crippen LogP contribution in [0.15, 0.2) is 70.7 Å². The van der Waals surface area contributed by atoms with E-state index in [1.165, 1.54) is 23.2 Å². The fraction of sp³-hybridized carbons (Fsp3) is 0.136. The van der Waals surface area contributed by atoms with E-state index in [2.05, 4.69) is 29.0 Å². The maximum absolute atomic E-state index is 12.3. The summed E-state index contributed by atoms with van der Waals surface area (Å²) in [5.74, 6) is 0.0232. The summed E-state index contributed by atoms with van der Waals surface area (Å²) in [7, 11) is 0. The van der Waals surface area contributed by atoms with Gasteiger partial charge in [-0.05, 0) is 24.1 Å². The minimum atomic E-state index is -0.475. The molecule has 2 aromatic carbocycles. The second-order valence-corrected chi connectivity index (χ2v) is 7.03. The molecule has 0 aliphatic rings. The van der Waals surface area contributed by atoms with Gasteiger partial charge in [0.05, 0.1) is 0 Å². The zero-order valence-corrected chi connectivity index (χ0v) is 16.1. The van der Waals surface area contributed by atoms with E-state index in [4.69, 9.17) is 9.15 Å². The topological polar surface area (TPSA) is 65.2 Å². The van der Waals surface area contributed by atoms with Crippen LogP contribution in [-0.4, -0.2) is 15.9 Å². The fourth-order valence-electron chi connectivity index (χ4n) is 2.68. The molecule has 0 radical (unpaired) electrons. The van der Waals surface area contributed by atoms with E-state index in [1.54, 1.807) is 5.38 Å². The van der Waals surface area contributed by atoms with Gasteiger partial charge in [-0.3, -0.25) is 0 Å². The number of aromatic nitrogens is 2. The van der Waals surface area contributed by atoms with Gasteiger partial charge in [-0.1, -0.05) is 49.4 Å². The molecule has 0 bridgehead atoms. The molecule has 28 heavy (non-hydrogen) atoms. The Balaban J connectivity index is 1.39. The van der Waals surface area contributed by atoms with Crippen LogP contribution in [0.3, 0.4) is 0 Å². The van der Waals surface area contributed by atoms with Crippen molar-refractivity contribution in [3.05, 3.63) is 83.2 Å². The molecule has 0 aliphatic carbocycles. The second kappa shape index (κ2) is 8.19. The lowest BCUT2D eigenvalue weighted by Crippen LogP contribution is -2.05. The average molecular weight is 390 g/mol. The van der Waals surface area contributed by atoms with Crippen molar-refractivity contribution in [2.24, 2.45) is 0 Å². The smallest absolute Gasteiger partial charge is 0.358 e. The van der Waals surface area contributed by atoms with Gasteiger partial charge in [0, 0.05) is 16.5 Å². The van der Waals surface area contributed by atoms with Gasteiger partial charge >= 0.3 is 5.97 Å².